The molecular formula is C30H59AlClCrLiO5Si2. The van der Waals surface area contributed by atoms with Crippen molar-refractivity contribution in [3.05, 3.63) is 47.7 Å². The summed E-state index contributed by atoms with van der Waals surface area (Å²) < 4.78 is 30.9. The molecule has 0 aliphatic heterocycles. The van der Waals surface area contributed by atoms with E-state index < -0.39 is 29.4 Å². The molecule has 0 aliphatic rings. The molecule has 0 spiro atoms. The number of unbranched alkanes of at least 4 members (excludes halogenated alkanes) is 10. The Hall–Kier alpha value is 0.216. The number of hydrogen-bond donors (Lipinski definition) is 0. The fourth-order valence-electron chi connectivity index (χ4n) is 3.84. The SMILES string of the molecule is CCCCCCCC[Si](C)(C)/C=C/C(=O)OCc1ccccc1.CCCCCCCC[Si](C)(C)Cl.[AlH3].[H-].[Li+].[O]=[Cr](=[O])=[O]. The summed E-state index contributed by atoms with van der Waals surface area (Å²) in [5, 5.41) is 0. The Morgan fingerprint density at radius 2 is 1.22 bits per heavy atom. The first-order chi connectivity index (χ1) is 18.3. The van der Waals surface area contributed by atoms with Crippen LogP contribution in [0.1, 0.15) is 97.9 Å². The third kappa shape index (κ3) is 42.4. The Labute approximate surface area is 286 Å². The summed E-state index contributed by atoms with van der Waals surface area (Å²) in [6, 6.07) is 12.3. The second-order valence-electron chi connectivity index (χ2n) is 11.4. The molecule has 1 rings (SSSR count). The van der Waals surface area contributed by atoms with Crippen LogP contribution >= 0.6 is 11.1 Å². The van der Waals surface area contributed by atoms with Crippen molar-refractivity contribution in [3.63, 3.8) is 0 Å². The van der Waals surface area contributed by atoms with Gasteiger partial charge in [0.15, 0.2) is 17.4 Å². The van der Waals surface area contributed by atoms with Gasteiger partial charge in [-0.05, 0) is 11.6 Å². The van der Waals surface area contributed by atoms with Crippen molar-refractivity contribution in [1.82, 2.24) is 0 Å². The summed E-state index contributed by atoms with van der Waals surface area (Å²) in [5.74, 6) is -0.225. The molecule has 41 heavy (non-hydrogen) atoms. The average molecular weight is 677 g/mol. The van der Waals surface area contributed by atoms with Crippen molar-refractivity contribution in [2.45, 2.75) is 136 Å². The monoisotopic (exact) mass is 676 g/mol. The zero-order valence-electron chi connectivity index (χ0n) is 27.5. The Kier molecular flexibility index (Phi) is 37.1. The molecule has 0 bridgehead atoms. The molecule has 0 amide bonds. The third-order valence-electron chi connectivity index (χ3n) is 6.19. The molecule has 5 nitrogen and oxygen atoms in total. The van der Waals surface area contributed by atoms with Gasteiger partial charge in [-0.2, -0.15) is 11.1 Å². The predicted molar refractivity (Wildman–Crippen MR) is 176 cm³/mol. The Bertz CT molecular complexity index is 868. The van der Waals surface area contributed by atoms with Crippen LogP contribution in [0.15, 0.2) is 42.1 Å². The quantitative estimate of drug-likeness (QED) is 0.0604. The van der Waals surface area contributed by atoms with Crippen LogP contribution in [0.4, 0.5) is 0 Å². The third-order valence-corrected chi connectivity index (χ3v) is 11.0. The van der Waals surface area contributed by atoms with E-state index in [-0.39, 0.29) is 43.6 Å². The van der Waals surface area contributed by atoms with Gasteiger partial charge in [-0.3, -0.25) is 0 Å². The van der Waals surface area contributed by atoms with E-state index in [0.717, 1.165) is 5.56 Å². The van der Waals surface area contributed by atoms with Gasteiger partial charge < -0.3 is 6.16 Å². The van der Waals surface area contributed by atoms with Gasteiger partial charge in [0.05, 0.1) is 8.07 Å². The number of benzene rings is 1. The van der Waals surface area contributed by atoms with Crippen molar-refractivity contribution in [2.75, 3.05) is 0 Å². The molecule has 234 valence electrons. The standard InChI is InChI=1S/C20H32O2Si.C10H23ClSi.Al.Cr.Li.3O.4H/c1-4-5-6-7-8-12-16-23(2,3)17-15-20(21)22-18-19-13-10-9-11-14-19;1-4-5-6-7-8-9-10-12(2,3)11;;;;;;;;;;/h9-11,13-15,17H,4-8,12,16,18H2,1-3H3;4-10H2,1-3H3;;;;;;;;;;/q;;;;+1;;;;;;;-1/b17-15+;;;;;;;;;;;. The number of esters is 1. The van der Waals surface area contributed by atoms with E-state index in [4.69, 9.17) is 27.2 Å². The van der Waals surface area contributed by atoms with Crippen LogP contribution in [0, 0.1) is 0 Å². The molecule has 0 unspecified atom stereocenters. The van der Waals surface area contributed by atoms with Crippen molar-refractivity contribution < 1.29 is 55.2 Å². The first kappa shape index (κ1) is 48.1. The molecule has 1 aromatic carbocycles. The van der Waals surface area contributed by atoms with Crippen LogP contribution in [0.5, 0.6) is 0 Å². The fraction of sp³-hybridized carbons (Fsp3) is 0.700. The molecule has 0 heterocycles. The van der Waals surface area contributed by atoms with Crippen molar-refractivity contribution in [3.8, 4) is 0 Å². The molecule has 0 atom stereocenters. The number of halogens is 1. The zero-order valence-corrected chi connectivity index (χ0v) is 30.5. The van der Waals surface area contributed by atoms with Crippen LogP contribution in [0.3, 0.4) is 0 Å². The molecule has 11 heteroatoms. The zero-order chi connectivity index (χ0) is 30.0. The van der Waals surface area contributed by atoms with E-state index in [1.807, 2.05) is 30.3 Å². The first-order valence-electron chi connectivity index (χ1n) is 14.7. The Balaban J connectivity index is -0.000000204. The summed E-state index contributed by atoms with van der Waals surface area (Å²) in [6.45, 7) is 14.0. The van der Waals surface area contributed by atoms with E-state index in [1.165, 1.54) is 89.1 Å². The number of carbonyl (C=O) groups excluding carboxylic acids is 1. The number of hydrogen-bond acceptors (Lipinski definition) is 5. The van der Waals surface area contributed by atoms with Crippen LogP contribution < -0.4 is 18.9 Å². The second-order valence-corrected chi connectivity index (χ2v) is 23.8. The van der Waals surface area contributed by atoms with Crippen LogP contribution in [0.25, 0.3) is 0 Å². The minimum absolute atomic E-state index is 0. The van der Waals surface area contributed by atoms with E-state index in [2.05, 4.69) is 45.7 Å². The van der Waals surface area contributed by atoms with E-state index in [0.29, 0.717) is 6.61 Å². The molecule has 0 saturated heterocycles. The summed E-state index contributed by atoms with van der Waals surface area (Å²) in [6.07, 6.45) is 17.9. The molecule has 0 radical (unpaired) electrons. The molecule has 0 saturated carbocycles. The average Bonchev–Trinajstić information content (AvgIpc) is 2.86. The van der Waals surface area contributed by atoms with E-state index in [1.54, 1.807) is 6.08 Å². The second kappa shape index (κ2) is 31.6. The van der Waals surface area contributed by atoms with Gasteiger partial charge in [0.1, 0.15) is 14.0 Å². The van der Waals surface area contributed by atoms with Gasteiger partial charge in [0.2, 0.25) is 0 Å². The molecule has 0 N–H and O–H groups in total. The van der Waals surface area contributed by atoms with Crippen LogP contribution in [-0.4, -0.2) is 38.8 Å². The van der Waals surface area contributed by atoms with Gasteiger partial charge in [-0.1, -0.05) is 159 Å². The molecule has 0 aliphatic carbocycles. The van der Waals surface area contributed by atoms with Crippen molar-refractivity contribution in [1.29, 1.82) is 0 Å². The summed E-state index contributed by atoms with van der Waals surface area (Å²) in [4.78, 5) is 11.8. The van der Waals surface area contributed by atoms with Gasteiger partial charge in [0, 0.05) is 6.08 Å². The predicted octanol–water partition coefficient (Wildman–Crippen LogP) is 6.26. The molecule has 1 aromatic rings. The van der Waals surface area contributed by atoms with Crippen molar-refractivity contribution >= 4 is 49.9 Å². The Morgan fingerprint density at radius 1 is 0.805 bits per heavy atom. The normalized spacial score (nSPS) is 10.7. The maximum atomic E-state index is 11.8. The van der Waals surface area contributed by atoms with Crippen LogP contribution in [-0.2, 0) is 41.5 Å². The number of carbonyl (C=O) groups is 1. The van der Waals surface area contributed by atoms with Crippen LogP contribution in [0.2, 0.25) is 38.3 Å². The number of ether oxygens (including phenoxy) is 1. The number of rotatable bonds is 18. The van der Waals surface area contributed by atoms with Gasteiger partial charge >= 0.3 is 50.2 Å². The molecule has 0 fully saturated rings. The van der Waals surface area contributed by atoms with E-state index in [9.17, 15) is 4.79 Å². The summed E-state index contributed by atoms with van der Waals surface area (Å²) in [5.41, 5.74) is 3.16. The topological polar surface area (TPSA) is 77.5 Å². The maximum absolute atomic E-state index is 11.8. The molecular weight excluding hydrogens is 618 g/mol. The summed E-state index contributed by atoms with van der Waals surface area (Å²) >= 11 is 2.42. The fourth-order valence-corrected chi connectivity index (χ4v) is 7.25. The van der Waals surface area contributed by atoms with Crippen molar-refractivity contribution in [2.24, 2.45) is 0 Å². The van der Waals surface area contributed by atoms with Gasteiger partial charge in [-0.25, -0.2) is 4.79 Å². The van der Waals surface area contributed by atoms with Gasteiger partial charge in [0.25, 0.3) is 0 Å². The van der Waals surface area contributed by atoms with E-state index >= 15 is 0 Å². The first-order valence-corrected chi connectivity index (χ1v) is 23.7. The Morgan fingerprint density at radius 3 is 1.66 bits per heavy atom. The minimum atomic E-state index is -3.79. The van der Waals surface area contributed by atoms with Gasteiger partial charge in [-0.15, -0.1) is 0 Å². The summed E-state index contributed by atoms with van der Waals surface area (Å²) in [7, 11) is -2.68. The molecule has 0 aromatic heterocycles.